The van der Waals surface area contributed by atoms with E-state index in [1.807, 2.05) is 68.4 Å². The summed E-state index contributed by atoms with van der Waals surface area (Å²) < 4.78 is 11.0. The Balaban J connectivity index is 1.85. The van der Waals surface area contributed by atoms with Crippen molar-refractivity contribution in [1.82, 2.24) is 4.90 Å². The fraction of sp³-hybridized carbons (Fsp3) is 0.231. The molecule has 0 saturated heterocycles. The Bertz CT molecular complexity index is 1080. The third-order valence-corrected chi connectivity index (χ3v) is 5.28. The molecule has 0 unspecified atom stereocenters. The van der Waals surface area contributed by atoms with Gasteiger partial charge in [0, 0.05) is 6.54 Å². The van der Waals surface area contributed by atoms with Crippen LogP contribution >= 0.6 is 0 Å². The zero-order chi connectivity index (χ0) is 23.1. The average Bonchev–Trinajstić information content (AvgIpc) is 2.81. The third-order valence-electron chi connectivity index (χ3n) is 5.28. The molecular formula is C26H27NO5. The summed E-state index contributed by atoms with van der Waals surface area (Å²) >= 11 is 0. The predicted octanol–water partition coefficient (Wildman–Crippen LogP) is 4.87. The van der Waals surface area contributed by atoms with Crippen LogP contribution in [0, 0.1) is 6.92 Å². The number of hydrogen-bond donors (Lipinski definition) is 1. The standard InChI is InChI=1S/C26H27NO5/c1-18-12-13-23(26(29)30)24(14-18)32-17-25(28)27(19(2)21-9-5-4-6-10-21)16-20-8-7-11-22(15-20)31-3/h4-15,19H,16-17H2,1-3H3,(H,29,30)/t19-/m1/s1. The second kappa shape index (κ2) is 10.5. The van der Waals surface area contributed by atoms with Gasteiger partial charge in [0.2, 0.25) is 0 Å². The van der Waals surface area contributed by atoms with Crippen molar-refractivity contribution in [2.45, 2.75) is 26.4 Å². The van der Waals surface area contributed by atoms with Crippen LogP contribution in [0.15, 0.2) is 72.8 Å². The first-order valence-electron chi connectivity index (χ1n) is 10.3. The summed E-state index contributed by atoms with van der Waals surface area (Å²) in [6.45, 7) is 3.88. The number of rotatable bonds is 9. The highest BCUT2D eigenvalue weighted by atomic mass is 16.5. The molecule has 0 saturated carbocycles. The first-order valence-corrected chi connectivity index (χ1v) is 10.3. The summed E-state index contributed by atoms with van der Waals surface area (Å²) in [4.78, 5) is 26.5. The number of benzene rings is 3. The van der Waals surface area contributed by atoms with Crippen LogP contribution in [-0.4, -0.2) is 35.6 Å². The van der Waals surface area contributed by atoms with Gasteiger partial charge in [0.05, 0.1) is 13.2 Å². The molecule has 0 radical (unpaired) electrons. The number of ether oxygens (including phenoxy) is 2. The second-order valence-corrected chi connectivity index (χ2v) is 7.55. The number of aryl methyl sites for hydroxylation is 1. The molecule has 0 aliphatic carbocycles. The zero-order valence-corrected chi connectivity index (χ0v) is 18.4. The van der Waals surface area contributed by atoms with E-state index < -0.39 is 5.97 Å². The lowest BCUT2D eigenvalue weighted by molar-refractivity contribution is -0.136. The zero-order valence-electron chi connectivity index (χ0n) is 18.4. The molecule has 32 heavy (non-hydrogen) atoms. The molecular weight excluding hydrogens is 406 g/mol. The molecule has 0 aliphatic heterocycles. The van der Waals surface area contributed by atoms with E-state index in [0.717, 1.165) is 16.7 Å². The molecule has 3 aromatic carbocycles. The van der Waals surface area contributed by atoms with Gasteiger partial charge in [-0.2, -0.15) is 0 Å². The monoisotopic (exact) mass is 433 g/mol. The third kappa shape index (κ3) is 5.66. The van der Waals surface area contributed by atoms with Gasteiger partial charge in [0.1, 0.15) is 17.1 Å². The molecule has 1 atom stereocenters. The Kier molecular flexibility index (Phi) is 7.49. The molecule has 0 aliphatic rings. The van der Waals surface area contributed by atoms with Gasteiger partial charge in [-0.25, -0.2) is 4.79 Å². The number of carboxylic acids is 1. The number of nitrogens with zero attached hydrogens (tertiary/aromatic N) is 1. The summed E-state index contributed by atoms with van der Waals surface area (Å²) in [6, 6.07) is 21.9. The van der Waals surface area contributed by atoms with E-state index in [2.05, 4.69) is 0 Å². The Morgan fingerprint density at radius 2 is 1.75 bits per heavy atom. The van der Waals surface area contributed by atoms with Gasteiger partial charge in [-0.1, -0.05) is 48.5 Å². The quantitative estimate of drug-likeness (QED) is 0.521. The predicted molar refractivity (Wildman–Crippen MR) is 122 cm³/mol. The minimum atomic E-state index is -1.10. The average molecular weight is 434 g/mol. The number of carbonyl (C=O) groups excluding carboxylic acids is 1. The van der Waals surface area contributed by atoms with Crippen LogP contribution < -0.4 is 9.47 Å². The Labute approximate surface area is 188 Å². The maximum atomic E-state index is 13.3. The lowest BCUT2D eigenvalue weighted by atomic mass is 10.1. The van der Waals surface area contributed by atoms with E-state index in [9.17, 15) is 14.7 Å². The van der Waals surface area contributed by atoms with Crippen molar-refractivity contribution < 1.29 is 24.2 Å². The van der Waals surface area contributed by atoms with E-state index >= 15 is 0 Å². The Morgan fingerprint density at radius 1 is 1.00 bits per heavy atom. The maximum Gasteiger partial charge on any atom is 0.339 e. The van der Waals surface area contributed by atoms with Crippen LogP contribution in [-0.2, 0) is 11.3 Å². The summed E-state index contributed by atoms with van der Waals surface area (Å²) in [7, 11) is 1.60. The van der Waals surface area contributed by atoms with Crippen LogP contribution in [0.4, 0.5) is 0 Å². The van der Waals surface area contributed by atoms with E-state index in [4.69, 9.17) is 9.47 Å². The molecule has 6 heteroatoms. The minimum absolute atomic E-state index is 0.0267. The van der Waals surface area contributed by atoms with Crippen LogP contribution in [0.2, 0.25) is 0 Å². The lowest BCUT2D eigenvalue weighted by Crippen LogP contribution is -2.36. The van der Waals surface area contributed by atoms with E-state index in [1.54, 1.807) is 24.1 Å². The normalized spacial score (nSPS) is 11.5. The fourth-order valence-corrected chi connectivity index (χ4v) is 3.47. The minimum Gasteiger partial charge on any atom is -0.497 e. The first kappa shape index (κ1) is 22.9. The molecule has 6 nitrogen and oxygen atoms in total. The smallest absolute Gasteiger partial charge is 0.339 e. The number of amides is 1. The fourth-order valence-electron chi connectivity index (χ4n) is 3.47. The van der Waals surface area contributed by atoms with Crippen molar-refractivity contribution in [1.29, 1.82) is 0 Å². The second-order valence-electron chi connectivity index (χ2n) is 7.55. The van der Waals surface area contributed by atoms with E-state index in [1.165, 1.54) is 6.07 Å². The molecule has 0 spiro atoms. The number of hydrogen-bond acceptors (Lipinski definition) is 4. The van der Waals surface area contributed by atoms with Crippen molar-refractivity contribution in [2.24, 2.45) is 0 Å². The van der Waals surface area contributed by atoms with Gasteiger partial charge in [-0.05, 0) is 54.8 Å². The van der Waals surface area contributed by atoms with Gasteiger partial charge in [0.15, 0.2) is 6.61 Å². The highest BCUT2D eigenvalue weighted by molar-refractivity contribution is 5.91. The van der Waals surface area contributed by atoms with Gasteiger partial charge in [0.25, 0.3) is 5.91 Å². The summed E-state index contributed by atoms with van der Waals surface area (Å²) in [5, 5.41) is 9.42. The highest BCUT2D eigenvalue weighted by Crippen LogP contribution is 2.25. The number of carboxylic acid groups (broad SMARTS) is 1. The van der Waals surface area contributed by atoms with Gasteiger partial charge in [-0.3, -0.25) is 4.79 Å². The first-order chi connectivity index (χ1) is 15.4. The lowest BCUT2D eigenvalue weighted by Gasteiger charge is -2.30. The topological polar surface area (TPSA) is 76.1 Å². The van der Waals surface area contributed by atoms with Crippen LogP contribution in [0.3, 0.4) is 0 Å². The van der Waals surface area contributed by atoms with Gasteiger partial charge in [-0.15, -0.1) is 0 Å². The highest BCUT2D eigenvalue weighted by Gasteiger charge is 2.23. The largest absolute Gasteiger partial charge is 0.497 e. The number of aromatic carboxylic acids is 1. The van der Waals surface area contributed by atoms with E-state index in [-0.39, 0.29) is 29.9 Å². The Morgan fingerprint density at radius 3 is 2.44 bits per heavy atom. The Hall–Kier alpha value is -3.80. The van der Waals surface area contributed by atoms with Crippen LogP contribution in [0.5, 0.6) is 11.5 Å². The molecule has 0 heterocycles. The van der Waals surface area contributed by atoms with Crippen molar-refractivity contribution >= 4 is 11.9 Å². The summed E-state index contributed by atoms with van der Waals surface area (Å²) in [5.41, 5.74) is 2.79. The molecule has 0 bridgehead atoms. The van der Waals surface area contributed by atoms with Gasteiger partial charge < -0.3 is 19.5 Å². The van der Waals surface area contributed by atoms with Gasteiger partial charge >= 0.3 is 5.97 Å². The molecule has 3 aromatic rings. The van der Waals surface area contributed by atoms with Crippen LogP contribution in [0.1, 0.15) is 40.0 Å². The van der Waals surface area contributed by atoms with Crippen molar-refractivity contribution in [3.63, 3.8) is 0 Å². The van der Waals surface area contributed by atoms with Crippen LogP contribution in [0.25, 0.3) is 0 Å². The molecule has 1 N–H and O–H groups in total. The SMILES string of the molecule is COc1cccc(CN(C(=O)COc2cc(C)ccc2C(=O)O)[C@H](C)c2ccccc2)c1. The maximum absolute atomic E-state index is 13.3. The molecule has 0 fully saturated rings. The summed E-state index contributed by atoms with van der Waals surface area (Å²) in [5.74, 6) is -0.454. The number of carbonyl (C=O) groups is 2. The van der Waals surface area contributed by atoms with Crippen molar-refractivity contribution in [3.05, 3.63) is 95.1 Å². The molecule has 1 amide bonds. The molecule has 166 valence electrons. The number of methoxy groups -OCH3 is 1. The van der Waals surface area contributed by atoms with E-state index in [0.29, 0.717) is 12.3 Å². The molecule has 0 aromatic heterocycles. The van der Waals surface area contributed by atoms with Crippen molar-refractivity contribution in [3.8, 4) is 11.5 Å². The molecule has 3 rings (SSSR count). The van der Waals surface area contributed by atoms with Crippen molar-refractivity contribution in [2.75, 3.05) is 13.7 Å². The summed E-state index contributed by atoms with van der Waals surface area (Å²) in [6.07, 6.45) is 0.